The summed E-state index contributed by atoms with van der Waals surface area (Å²) in [5.41, 5.74) is 3.27. The van der Waals surface area contributed by atoms with Gasteiger partial charge < -0.3 is 10.1 Å². The van der Waals surface area contributed by atoms with E-state index in [1.807, 2.05) is 53.3 Å². The van der Waals surface area contributed by atoms with Gasteiger partial charge in [-0.05, 0) is 34.2 Å². The SMILES string of the molecule is CC(C)(C)c1ccccc1OCC(=O)NCc1ccc(Cn2cccn2)cc1. The Bertz CT molecular complexity index is 894. The number of benzene rings is 2. The van der Waals surface area contributed by atoms with Crippen LogP contribution < -0.4 is 10.1 Å². The molecular formula is C23H27N3O2. The maximum atomic E-state index is 12.2. The Morgan fingerprint density at radius 1 is 1.04 bits per heavy atom. The number of carbonyl (C=O) groups is 1. The Kier molecular flexibility index (Phi) is 6.14. The fourth-order valence-electron chi connectivity index (χ4n) is 2.95. The van der Waals surface area contributed by atoms with E-state index in [0.717, 1.165) is 23.4 Å². The number of hydrogen-bond donors (Lipinski definition) is 1. The average Bonchev–Trinajstić information content (AvgIpc) is 3.18. The fourth-order valence-corrected chi connectivity index (χ4v) is 2.95. The second-order valence-corrected chi connectivity index (χ2v) is 7.83. The molecule has 146 valence electrons. The van der Waals surface area contributed by atoms with Gasteiger partial charge in [-0.15, -0.1) is 0 Å². The Morgan fingerprint density at radius 3 is 2.43 bits per heavy atom. The van der Waals surface area contributed by atoms with Crippen molar-refractivity contribution in [2.45, 2.75) is 39.3 Å². The minimum atomic E-state index is -0.135. The van der Waals surface area contributed by atoms with Crippen LogP contribution in [-0.4, -0.2) is 22.3 Å². The van der Waals surface area contributed by atoms with Crippen LogP contribution in [0.25, 0.3) is 0 Å². The van der Waals surface area contributed by atoms with Crippen LogP contribution in [0.3, 0.4) is 0 Å². The molecule has 2 aromatic carbocycles. The number of ether oxygens (including phenoxy) is 1. The van der Waals surface area contributed by atoms with Crippen molar-refractivity contribution in [1.29, 1.82) is 0 Å². The zero-order valence-corrected chi connectivity index (χ0v) is 16.7. The molecule has 0 fully saturated rings. The van der Waals surface area contributed by atoms with Crippen molar-refractivity contribution in [3.05, 3.63) is 83.7 Å². The third kappa shape index (κ3) is 5.46. The minimum Gasteiger partial charge on any atom is -0.483 e. The Balaban J connectivity index is 1.48. The number of para-hydroxylation sites is 1. The molecule has 28 heavy (non-hydrogen) atoms. The molecule has 0 radical (unpaired) electrons. The lowest BCUT2D eigenvalue weighted by molar-refractivity contribution is -0.123. The first kappa shape index (κ1) is 19.7. The summed E-state index contributed by atoms with van der Waals surface area (Å²) in [7, 11) is 0. The van der Waals surface area contributed by atoms with E-state index < -0.39 is 0 Å². The monoisotopic (exact) mass is 377 g/mol. The summed E-state index contributed by atoms with van der Waals surface area (Å²) in [4.78, 5) is 12.2. The molecule has 0 bridgehead atoms. The Morgan fingerprint density at radius 2 is 1.75 bits per heavy atom. The molecule has 0 aliphatic heterocycles. The lowest BCUT2D eigenvalue weighted by atomic mass is 9.86. The van der Waals surface area contributed by atoms with E-state index in [4.69, 9.17) is 4.74 Å². The molecule has 0 saturated heterocycles. The van der Waals surface area contributed by atoms with Crippen LogP contribution in [0.2, 0.25) is 0 Å². The highest BCUT2D eigenvalue weighted by Crippen LogP contribution is 2.30. The lowest BCUT2D eigenvalue weighted by Crippen LogP contribution is -2.29. The number of hydrogen-bond acceptors (Lipinski definition) is 3. The lowest BCUT2D eigenvalue weighted by Gasteiger charge is -2.22. The van der Waals surface area contributed by atoms with Gasteiger partial charge in [0.15, 0.2) is 6.61 Å². The molecule has 0 aliphatic carbocycles. The first-order chi connectivity index (χ1) is 13.4. The van der Waals surface area contributed by atoms with Gasteiger partial charge in [-0.1, -0.05) is 63.2 Å². The molecule has 1 heterocycles. The van der Waals surface area contributed by atoms with Crippen LogP contribution in [0.15, 0.2) is 67.0 Å². The van der Waals surface area contributed by atoms with E-state index in [0.29, 0.717) is 6.54 Å². The number of carbonyl (C=O) groups excluding carboxylic acids is 1. The summed E-state index contributed by atoms with van der Waals surface area (Å²) in [5, 5.41) is 7.12. The quantitative estimate of drug-likeness (QED) is 0.679. The first-order valence-corrected chi connectivity index (χ1v) is 9.46. The van der Waals surface area contributed by atoms with Crippen LogP contribution in [0.1, 0.15) is 37.5 Å². The van der Waals surface area contributed by atoms with Crippen molar-refractivity contribution in [2.24, 2.45) is 0 Å². The average molecular weight is 377 g/mol. The number of aromatic nitrogens is 2. The van der Waals surface area contributed by atoms with Gasteiger partial charge in [0.25, 0.3) is 5.91 Å². The van der Waals surface area contributed by atoms with Crippen molar-refractivity contribution < 1.29 is 9.53 Å². The summed E-state index contributed by atoms with van der Waals surface area (Å²) in [6.45, 7) is 7.61. The second kappa shape index (κ2) is 8.74. The number of amides is 1. The van der Waals surface area contributed by atoms with Gasteiger partial charge in [-0.3, -0.25) is 9.48 Å². The largest absolute Gasteiger partial charge is 0.483 e. The topological polar surface area (TPSA) is 56.1 Å². The highest BCUT2D eigenvalue weighted by atomic mass is 16.5. The number of rotatable bonds is 7. The molecule has 3 aromatic rings. The zero-order valence-electron chi connectivity index (χ0n) is 16.7. The van der Waals surface area contributed by atoms with E-state index in [2.05, 4.69) is 43.3 Å². The van der Waals surface area contributed by atoms with Gasteiger partial charge in [-0.2, -0.15) is 5.10 Å². The van der Waals surface area contributed by atoms with Gasteiger partial charge >= 0.3 is 0 Å². The Labute approximate surface area is 166 Å². The predicted molar refractivity (Wildman–Crippen MR) is 110 cm³/mol. The van der Waals surface area contributed by atoms with Crippen LogP contribution >= 0.6 is 0 Å². The zero-order chi connectivity index (χ0) is 20.0. The molecule has 3 rings (SSSR count). The molecule has 0 atom stereocenters. The van der Waals surface area contributed by atoms with E-state index in [1.165, 1.54) is 5.56 Å². The summed E-state index contributed by atoms with van der Waals surface area (Å²) >= 11 is 0. The maximum absolute atomic E-state index is 12.2. The van der Waals surface area contributed by atoms with Crippen LogP contribution in [0.4, 0.5) is 0 Å². The van der Waals surface area contributed by atoms with Gasteiger partial charge in [0.1, 0.15) is 5.75 Å². The molecular weight excluding hydrogens is 350 g/mol. The first-order valence-electron chi connectivity index (χ1n) is 9.46. The van der Waals surface area contributed by atoms with Crippen molar-refractivity contribution in [2.75, 3.05) is 6.61 Å². The van der Waals surface area contributed by atoms with E-state index in [-0.39, 0.29) is 17.9 Å². The van der Waals surface area contributed by atoms with Crippen molar-refractivity contribution >= 4 is 5.91 Å². The highest BCUT2D eigenvalue weighted by molar-refractivity contribution is 5.77. The maximum Gasteiger partial charge on any atom is 0.258 e. The summed E-state index contributed by atoms with van der Waals surface area (Å²) in [5.74, 6) is 0.623. The molecule has 0 unspecified atom stereocenters. The van der Waals surface area contributed by atoms with E-state index in [1.54, 1.807) is 6.20 Å². The van der Waals surface area contributed by atoms with Gasteiger partial charge in [0.2, 0.25) is 0 Å². The van der Waals surface area contributed by atoms with Crippen molar-refractivity contribution in [1.82, 2.24) is 15.1 Å². The standard InChI is InChI=1S/C23H27N3O2/c1-23(2,3)20-7-4-5-8-21(20)28-17-22(27)24-15-18-9-11-19(12-10-18)16-26-14-6-13-25-26/h4-14H,15-17H2,1-3H3,(H,24,27). The third-order valence-corrected chi connectivity index (χ3v) is 4.47. The highest BCUT2D eigenvalue weighted by Gasteiger charge is 2.18. The number of nitrogens with one attached hydrogen (secondary N) is 1. The van der Waals surface area contributed by atoms with Gasteiger partial charge in [0.05, 0.1) is 6.54 Å². The van der Waals surface area contributed by atoms with Gasteiger partial charge in [0, 0.05) is 18.9 Å². The second-order valence-electron chi connectivity index (χ2n) is 7.83. The molecule has 5 nitrogen and oxygen atoms in total. The van der Waals surface area contributed by atoms with Crippen LogP contribution in [0.5, 0.6) is 5.75 Å². The summed E-state index contributed by atoms with van der Waals surface area (Å²) in [6.07, 6.45) is 3.71. The van der Waals surface area contributed by atoms with Crippen molar-refractivity contribution in [3.8, 4) is 5.75 Å². The van der Waals surface area contributed by atoms with Gasteiger partial charge in [-0.25, -0.2) is 0 Å². The molecule has 0 saturated carbocycles. The minimum absolute atomic E-state index is 0.00444. The van der Waals surface area contributed by atoms with E-state index in [9.17, 15) is 4.79 Å². The fraction of sp³-hybridized carbons (Fsp3) is 0.304. The molecule has 0 spiro atoms. The molecule has 5 heteroatoms. The molecule has 0 aliphatic rings. The smallest absolute Gasteiger partial charge is 0.258 e. The third-order valence-electron chi connectivity index (χ3n) is 4.47. The summed E-state index contributed by atoms with van der Waals surface area (Å²) in [6, 6.07) is 17.9. The molecule has 1 aromatic heterocycles. The van der Waals surface area contributed by atoms with Crippen LogP contribution in [-0.2, 0) is 23.3 Å². The number of nitrogens with zero attached hydrogens (tertiary/aromatic N) is 2. The van der Waals surface area contributed by atoms with Crippen LogP contribution in [0, 0.1) is 0 Å². The molecule has 1 amide bonds. The predicted octanol–water partition coefficient (Wildman–Crippen LogP) is 3.92. The normalized spacial score (nSPS) is 11.2. The van der Waals surface area contributed by atoms with E-state index >= 15 is 0 Å². The molecule has 1 N–H and O–H groups in total. The summed E-state index contributed by atoms with van der Waals surface area (Å²) < 4.78 is 7.65. The van der Waals surface area contributed by atoms with Crippen molar-refractivity contribution in [3.63, 3.8) is 0 Å². The Hall–Kier alpha value is -3.08.